The van der Waals surface area contributed by atoms with E-state index in [9.17, 15) is 0 Å². The summed E-state index contributed by atoms with van der Waals surface area (Å²) in [6, 6.07) is 22.0. The van der Waals surface area contributed by atoms with Crippen molar-refractivity contribution in [2.24, 2.45) is 0 Å². The van der Waals surface area contributed by atoms with E-state index in [1.807, 2.05) is 54.3 Å². The topological polar surface area (TPSA) is 67.3 Å². The third kappa shape index (κ3) is 4.19. The van der Waals surface area contributed by atoms with Crippen molar-refractivity contribution < 1.29 is 8.94 Å². The zero-order valence-electron chi connectivity index (χ0n) is 18.5. The quantitative estimate of drug-likeness (QED) is 0.370. The first-order valence-electron chi connectivity index (χ1n) is 10.9. The molecule has 166 valence electrons. The summed E-state index contributed by atoms with van der Waals surface area (Å²) in [5.41, 5.74) is 5.09. The van der Waals surface area contributed by atoms with Crippen LogP contribution in [0.3, 0.4) is 0 Å². The molecule has 6 nitrogen and oxygen atoms in total. The fourth-order valence-corrected chi connectivity index (χ4v) is 4.36. The summed E-state index contributed by atoms with van der Waals surface area (Å²) < 4.78 is 11.4. The molecule has 0 spiro atoms. The third-order valence-corrected chi connectivity index (χ3v) is 6.24. The summed E-state index contributed by atoms with van der Waals surface area (Å²) in [7, 11) is 0. The minimum absolute atomic E-state index is 0.206. The van der Waals surface area contributed by atoms with Gasteiger partial charge in [-0.25, -0.2) is 0 Å². The van der Waals surface area contributed by atoms with E-state index in [-0.39, 0.29) is 6.04 Å². The number of benzene rings is 2. The number of rotatable bonds is 6. The highest BCUT2D eigenvalue weighted by molar-refractivity contribution is 7.80. The first-order valence-corrected chi connectivity index (χ1v) is 11.3. The van der Waals surface area contributed by atoms with Crippen molar-refractivity contribution in [3.63, 3.8) is 0 Å². The van der Waals surface area contributed by atoms with Crippen LogP contribution in [0.2, 0.25) is 0 Å². The van der Waals surface area contributed by atoms with E-state index in [0.717, 1.165) is 34.6 Å². The molecule has 0 aliphatic carbocycles. The smallest absolute Gasteiger partial charge is 0.258 e. The van der Waals surface area contributed by atoms with Crippen molar-refractivity contribution >= 4 is 22.9 Å². The molecule has 7 heteroatoms. The Morgan fingerprint density at radius 1 is 1.03 bits per heavy atom. The van der Waals surface area contributed by atoms with Gasteiger partial charge in [-0.2, -0.15) is 4.98 Å². The summed E-state index contributed by atoms with van der Waals surface area (Å²) in [6.07, 6.45) is 2.65. The Hall–Kier alpha value is -3.71. The van der Waals surface area contributed by atoms with Gasteiger partial charge in [0.25, 0.3) is 5.89 Å². The zero-order chi connectivity index (χ0) is 22.8. The molecule has 1 N–H and O–H groups in total. The molecule has 2 aromatic heterocycles. The number of hydrogen-bond acceptors (Lipinski definition) is 5. The molecule has 0 fully saturated rings. The molecule has 0 saturated heterocycles. The molecule has 1 unspecified atom stereocenters. The Morgan fingerprint density at radius 2 is 1.82 bits per heavy atom. The Balaban J connectivity index is 1.57. The number of thiocarbonyl (C=S) groups is 1. The molecule has 4 aromatic rings. The number of aromatic nitrogens is 2. The average molecular weight is 457 g/mol. The van der Waals surface area contributed by atoms with Crippen LogP contribution in [0, 0.1) is 0 Å². The van der Waals surface area contributed by atoms with Gasteiger partial charge in [-0.15, -0.1) is 0 Å². The van der Waals surface area contributed by atoms with E-state index in [1.165, 1.54) is 5.56 Å². The maximum absolute atomic E-state index is 5.80. The summed E-state index contributed by atoms with van der Waals surface area (Å²) in [5.74, 6) is 1.85. The highest BCUT2D eigenvalue weighted by Crippen LogP contribution is 2.37. The minimum atomic E-state index is -0.206. The predicted molar refractivity (Wildman–Crippen MR) is 131 cm³/mol. The number of nitrogens with zero attached hydrogens (tertiary/aromatic N) is 3. The van der Waals surface area contributed by atoms with Gasteiger partial charge >= 0.3 is 0 Å². The van der Waals surface area contributed by atoms with Crippen molar-refractivity contribution in [2.45, 2.75) is 32.9 Å². The molecule has 1 aliphatic rings. The van der Waals surface area contributed by atoms with Crippen LogP contribution in [0.5, 0.6) is 0 Å². The summed E-state index contributed by atoms with van der Waals surface area (Å²) in [5, 5.41) is 8.37. The molecule has 0 saturated carbocycles. The lowest BCUT2D eigenvalue weighted by atomic mass is 9.95. The molecular weight excluding hydrogens is 432 g/mol. The number of allylic oxidation sites excluding steroid dienone is 1. The first-order chi connectivity index (χ1) is 16.1. The van der Waals surface area contributed by atoms with Gasteiger partial charge in [0.05, 0.1) is 24.4 Å². The Bertz CT molecular complexity index is 1280. The first kappa shape index (κ1) is 21.2. The molecule has 3 heterocycles. The fourth-order valence-electron chi connectivity index (χ4n) is 4.04. The van der Waals surface area contributed by atoms with Gasteiger partial charge in [0.2, 0.25) is 5.82 Å². The zero-order valence-corrected chi connectivity index (χ0v) is 19.3. The lowest BCUT2D eigenvalue weighted by molar-refractivity contribution is 0.382. The van der Waals surface area contributed by atoms with Crippen molar-refractivity contribution in [3.8, 4) is 11.4 Å². The second kappa shape index (κ2) is 9.03. The molecule has 0 bridgehead atoms. The summed E-state index contributed by atoms with van der Waals surface area (Å²) >= 11 is 5.74. The van der Waals surface area contributed by atoms with Gasteiger partial charge in [-0.3, -0.25) is 0 Å². The maximum Gasteiger partial charge on any atom is 0.258 e. The highest BCUT2D eigenvalue weighted by atomic mass is 32.1. The van der Waals surface area contributed by atoms with Crippen molar-refractivity contribution in [1.82, 2.24) is 20.4 Å². The molecule has 0 amide bonds. The van der Waals surface area contributed by atoms with Gasteiger partial charge in [0, 0.05) is 11.3 Å². The Kier molecular flexibility index (Phi) is 5.79. The van der Waals surface area contributed by atoms with Crippen molar-refractivity contribution in [2.75, 3.05) is 0 Å². The van der Waals surface area contributed by atoms with Gasteiger partial charge in [0.1, 0.15) is 5.76 Å². The van der Waals surface area contributed by atoms with Crippen molar-refractivity contribution in [3.05, 3.63) is 101 Å². The Morgan fingerprint density at radius 3 is 2.52 bits per heavy atom. The van der Waals surface area contributed by atoms with E-state index < -0.39 is 0 Å². The van der Waals surface area contributed by atoms with Crippen LogP contribution >= 0.6 is 12.2 Å². The second-order valence-corrected chi connectivity index (χ2v) is 8.32. The van der Waals surface area contributed by atoms with Gasteiger partial charge < -0.3 is 19.2 Å². The molecule has 1 aliphatic heterocycles. The average Bonchev–Trinajstić information content (AvgIpc) is 3.54. The summed E-state index contributed by atoms with van der Waals surface area (Å²) in [4.78, 5) is 6.78. The number of hydrogen-bond donors (Lipinski definition) is 1. The normalized spacial score (nSPS) is 16.2. The van der Waals surface area contributed by atoms with E-state index >= 15 is 0 Å². The largest absolute Gasteiger partial charge is 0.467 e. The van der Waals surface area contributed by atoms with Crippen molar-refractivity contribution in [1.29, 1.82) is 0 Å². The lowest BCUT2D eigenvalue weighted by Crippen LogP contribution is -2.45. The molecule has 0 radical (unpaired) electrons. The SMILES string of the molecule is CCc1ccc(-c2noc(C3=C(C)N(Cc4ccco4)C(=S)NC3c3ccccc3)n2)cc1. The van der Waals surface area contributed by atoms with Crippen LogP contribution in [-0.2, 0) is 13.0 Å². The summed E-state index contributed by atoms with van der Waals surface area (Å²) in [6.45, 7) is 4.67. The molecule has 1 atom stereocenters. The number of aryl methyl sites for hydroxylation is 1. The molecule has 5 rings (SSSR count). The highest BCUT2D eigenvalue weighted by Gasteiger charge is 2.34. The minimum Gasteiger partial charge on any atom is -0.467 e. The molecular formula is C26H24N4O2S. The molecule has 2 aromatic carbocycles. The van der Waals surface area contributed by atoms with Gasteiger partial charge in [0.15, 0.2) is 5.11 Å². The van der Waals surface area contributed by atoms with Gasteiger partial charge in [-0.05, 0) is 48.8 Å². The maximum atomic E-state index is 5.80. The lowest BCUT2D eigenvalue weighted by Gasteiger charge is -2.37. The Labute approximate surface area is 197 Å². The van der Waals surface area contributed by atoms with E-state index in [2.05, 4.69) is 41.7 Å². The number of nitrogens with one attached hydrogen (secondary N) is 1. The van der Waals surface area contributed by atoms with Crippen LogP contribution in [0.1, 0.15) is 42.7 Å². The van der Waals surface area contributed by atoms with Crippen LogP contribution in [0.15, 0.2) is 87.6 Å². The number of furan rings is 1. The van der Waals surface area contributed by atoms with E-state index in [1.54, 1.807) is 6.26 Å². The van der Waals surface area contributed by atoms with Crippen LogP contribution in [0.25, 0.3) is 17.0 Å². The van der Waals surface area contributed by atoms with Gasteiger partial charge in [-0.1, -0.05) is 66.7 Å². The molecule has 33 heavy (non-hydrogen) atoms. The van der Waals surface area contributed by atoms with E-state index in [0.29, 0.717) is 23.4 Å². The van der Waals surface area contributed by atoms with Crippen LogP contribution in [-0.4, -0.2) is 20.2 Å². The van der Waals surface area contributed by atoms with E-state index in [4.69, 9.17) is 26.1 Å². The monoisotopic (exact) mass is 456 g/mol. The van der Waals surface area contributed by atoms with Crippen LogP contribution < -0.4 is 5.32 Å². The predicted octanol–water partition coefficient (Wildman–Crippen LogP) is 5.75. The standard InChI is InChI=1S/C26H24N4O2S/c1-3-18-11-13-20(14-12-18)24-28-25(32-29-24)22-17(2)30(16-21-10-7-15-31-21)26(33)27-23(22)19-8-5-4-6-9-19/h4-15,23H,3,16H2,1-2H3,(H,27,33). The fraction of sp³-hybridized carbons (Fsp3) is 0.192. The third-order valence-electron chi connectivity index (χ3n) is 5.90. The second-order valence-electron chi connectivity index (χ2n) is 7.93. The van der Waals surface area contributed by atoms with Crippen LogP contribution in [0.4, 0.5) is 0 Å².